The zero-order valence-electron chi connectivity index (χ0n) is 13.0. The number of carbonyl (C=O) groups excluding carboxylic acids is 1. The molecule has 2 aliphatic rings. The molecule has 2 amide bonds. The van der Waals surface area contributed by atoms with Gasteiger partial charge in [-0.25, -0.2) is 9.59 Å². The van der Waals surface area contributed by atoms with Gasteiger partial charge in [-0.05, 0) is 20.8 Å². The van der Waals surface area contributed by atoms with Crippen LogP contribution in [0.15, 0.2) is 0 Å². The third-order valence-corrected chi connectivity index (χ3v) is 4.11. The molecule has 2 aliphatic heterocycles. The van der Waals surface area contributed by atoms with Crippen molar-refractivity contribution in [2.45, 2.75) is 32.4 Å². The van der Waals surface area contributed by atoms with Gasteiger partial charge in [0.1, 0.15) is 0 Å². The molecule has 2 saturated heterocycles. The molecule has 21 heavy (non-hydrogen) atoms. The third-order valence-electron chi connectivity index (χ3n) is 4.11. The maximum absolute atomic E-state index is 12.5. The fourth-order valence-electron chi connectivity index (χ4n) is 2.74. The van der Waals surface area contributed by atoms with Gasteiger partial charge in [0.2, 0.25) is 0 Å². The summed E-state index contributed by atoms with van der Waals surface area (Å²) in [5.41, 5.74) is 0.114. The van der Waals surface area contributed by atoms with Crippen molar-refractivity contribution in [3.63, 3.8) is 0 Å². The van der Waals surface area contributed by atoms with Gasteiger partial charge in [0.15, 0.2) is 6.10 Å². The van der Waals surface area contributed by atoms with E-state index in [1.165, 1.54) is 0 Å². The number of nitrogens with zero attached hydrogens (tertiary/aromatic N) is 3. The van der Waals surface area contributed by atoms with Crippen LogP contribution in [0.3, 0.4) is 0 Å². The quantitative estimate of drug-likeness (QED) is 0.754. The van der Waals surface area contributed by atoms with E-state index in [4.69, 9.17) is 9.84 Å². The summed E-state index contributed by atoms with van der Waals surface area (Å²) >= 11 is 0. The maximum atomic E-state index is 12.5. The summed E-state index contributed by atoms with van der Waals surface area (Å²) in [5.74, 6) is -1.01. The third kappa shape index (κ3) is 3.85. The summed E-state index contributed by atoms with van der Waals surface area (Å²) in [6.45, 7) is 10.5. The maximum Gasteiger partial charge on any atom is 0.334 e. The Balaban J connectivity index is 1.88. The molecule has 0 spiro atoms. The Morgan fingerprint density at radius 2 is 1.67 bits per heavy atom. The van der Waals surface area contributed by atoms with Crippen molar-refractivity contribution in [1.82, 2.24) is 14.7 Å². The van der Waals surface area contributed by atoms with Crippen molar-refractivity contribution in [1.29, 1.82) is 0 Å². The minimum Gasteiger partial charge on any atom is -0.479 e. The average molecular weight is 299 g/mol. The molecule has 0 aromatic carbocycles. The van der Waals surface area contributed by atoms with E-state index in [2.05, 4.69) is 25.7 Å². The molecule has 0 aromatic heterocycles. The Kier molecular flexibility index (Phi) is 4.73. The first kappa shape index (κ1) is 16.0. The predicted molar refractivity (Wildman–Crippen MR) is 77.2 cm³/mol. The monoisotopic (exact) mass is 299 g/mol. The SMILES string of the molecule is CC(C)(C)N1CCN(C(=O)N2CCOC(C(=O)O)C2)CC1. The number of rotatable bonds is 1. The predicted octanol–water partition coefficient (Wildman–Crippen LogP) is 0.308. The van der Waals surface area contributed by atoms with Gasteiger partial charge in [-0.1, -0.05) is 0 Å². The fraction of sp³-hybridized carbons (Fsp3) is 0.857. The Bertz CT molecular complexity index is 400. The molecule has 7 heteroatoms. The fourth-order valence-corrected chi connectivity index (χ4v) is 2.74. The largest absolute Gasteiger partial charge is 0.479 e. The first-order valence-corrected chi connectivity index (χ1v) is 7.42. The number of urea groups is 1. The molecule has 120 valence electrons. The van der Waals surface area contributed by atoms with Crippen molar-refractivity contribution in [2.75, 3.05) is 45.9 Å². The minimum atomic E-state index is -1.01. The minimum absolute atomic E-state index is 0.0712. The molecule has 2 heterocycles. The van der Waals surface area contributed by atoms with Crippen molar-refractivity contribution >= 4 is 12.0 Å². The summed E-state index contributed by atoms with van der Waals surface area (Å²) in [7, 11) is 0. The first-order chi connectivity index (χ1) is 9.79. The Hall–Kier alpha value is -1.34. The summed E-state index contributed by atoms with van der Waals surface area (Å²) in [6.07, 6.45) is -0.904. The van der Waals surface area contributed by atoms with Gasteiger partial charge in [-0.15, -0.1) is 0 Å². The smallest absolute Gasteiger partial charge is 0.334 e. The molecule has 0 radical (unpaired) electrons. The second-order valence-electron chi connectivity index (χ2n) is 6.57. The van der Waals surface area contributed by atoms with Crippen molar-refractivity contribution in [3.8, 4) is 0 Å². The van der Waals surface area contributed by atoms with Crippen LogP contribution in [0.4, 0.5) is 4.79 Å². The van der Waals surface area contributed by atoms with Gasteiger partial charge < -0.3 is 19.6 Å². The molecular formula is C14H25N3O4. The highest BCUT2D eigenvalue weighted by molar-refractivity contribution is 5.77. The van der Waals surface area contributed by atoms with E-state index < -0.39 is 12.1 Å². The van der Waals surface area contributed by atoms with Crippen molar-refractivity contribution < 1.29 is 19.4 Å². The Morgan fingerprint density at radius 3 is 2.19 bits per heavy atom. The van der Waals surface area contributed by atoms with E-state index in [-0.39, 0.29) is 24.7 Å². The van der Waals surface area contributed by atoms with Crippen LogP contribution >= 0.6 is 0 Å². The number of carboxylic acids is 1. The number of aliphatic carboxylic acids is 1. The lowest BCUT2D eigenvalue weighted by Gasteiger charge is -2.44. The second-order valence-corrected chi connectivity index (χ2v) is 6.57. The van der Waals surface area contributed by atoms with Crippen LogP contribution < -0.4 is 0 Å². The number of carboxylic acid groups (broad SMARTS) is 1. The molecule has 0 aromatic rings. The summed E-state index contributed by atoms with van der Waals surface area (Å²) < 4.78 is 5.15. The first-order valence-electron chi connectivity index (χ1n) is 7.42. The zero-order chi connectivity index (χ0) is 15.6. The highest BCUT2D eigenvalue weighted by atomic mass is 16.5. The van der Waals surface area contributed by atoms with E-state index in [1.54, 1.807) is 4.90 Å². The van der Waals surface area contributed by atoms with Crippen LogP contribution in [0.5, 0.6) is 0 Å². The molecule has 1 atom stereocenters. The molecule has 0 aliphatic carbocycles. The molecule has 1 unspecified atom stereocenters. The lowest BCUT2D eigenvalue weighted by Crippen LogP contribution is -2.59. The van der Waals surface area contributed by atoms with Crippen molar-refractivity contribution in [2.24, 2.45) is 0 Å². The highest BCUT2D eigenvalue weighted by Crippen LogP contribution is 2.17. The molecule has 0 bridgehead atoms. The lowest BCUT2D eigenvalue weighted by atomic mass is 10.1. The molecule has 2 rings (SSSR count). The molecule has 7 nitrogen and oxygen atoms in total. The summed E-state index contributed by atoms with van der Waals surface area (Å²) in [4.78, 5) is 29.2. The Morgan fingerprint density at radius 1 is 1.05 bits per heavy atom. The van der Waals surface area contributed by atoms with Gasteiger partial charge in [0.25, 0.3) is 0 Å². The van der Waals surface area contributed by atoms with Crippen LogP contribution in [0.25, 0.3) is 0 Å². The number of amides is 2. The van der Waals surface area contributed by atoms with Gasteiger partial charge in [0, 0.05) is 38.3 Å². The van der Waals surface area contributed by atoms with Gasteiger partial charge >= 0.3 is 12.0 Å². The normalized spacial score (nSPS) is 25.0. The highest BCUT2D eigenvalue weighted by Gasteiger charge is 2.33. The zero-order valence-corrected chi connectivity index (χ0v) is 13.0. The van der Waals surface area contributed by atoms with E-state index in [0.717, 1.165) is 13.1 Å². The van der Waals surface area contributed by atoms with E-state index in [0.29, 0.717) is 19.6 Å². The lowest BCUT2D eigenvalue weighted by molar-refractivity contribution is -0.154. The van der Waals surface area contributed by atoms with E-state index in [9.17, 15) is 9.59 Å². The molecule has 2 fully saturated rings. The van der Waals surface area contributed by atoms with Crippen LogP contribution in [0.1, 0.15) is 20.8 Å². The number of piperazine rings is 1. The van der Waals surface area contributed by atoms with Crippen LogP contribution in [0.2, 0.25) is 0 Å². The molecule has 1 N–H and O–H groups in total. The van der Waals surface area contributed by atoms with Crippen LogP contribution in [-0.2, 0) is 9.53 Å². The number of carbonyl (C=O) groups is 2. The van der Waals surface area contributed by atoms with Crippen LogP contribution in [-0.4, -0.2) is 89.3 Å². The molecular weight excluding hydrogens is 274 g/mol. The van der Waals surface area contributed by atoms with E-state index >= 15 is 0 Å². The number of hydrogen-bond acceptors (Lipinski definition) is 4. The van der Waals surface area contributed by atoms with Crippen molar-refractivity contribution in [3.05, 3.63) is 0 Å². The van der Waals surface area contributed by atoms with E-state index in [1.807, 2.05) is 4.90 Å². The number of hydrogen-bond donors (Lipinski definition) is 1. The summed E-state index contributed by atoms with van der Waals surface area (Å²) in [5, 5.41) is 8.99. The standard InChI is InChI=1S/C14H25N3O4/c1-14(2,3)17-6-4-15(5-7-17)13(20)16-8-9-21-11(10-16)12(18)19/h11H,4-10H2,1-3H3,(H,18,19). The van der Waals surface area contributed by atoms with Gasteiger partial charge in [0.05, 0.1) is 13.2 Å². The van der Waals surface area contributed by atoms with Gasteiger partial charge in [-0.3, -0.25) is 4.90 Å². The Labute approximate surface area is 125 Å². The average Bonchev–Trinajstić information content (AvgIpc) is 2.46. The van der Waals surface area contributed by atoms with Gasteiger partial charge in [-0.2, -0.15) is 0 Å². The van der Waals surface area contributed by atoms with Crippen LogP contribution in [0, 0.1) is 0 Å². The molecule has 0 saturated carbocycles. The summed E-state index contributed by atoms with van der Waals surface area (Å²) in [6, 6.07) is -0.0712. The number of morpholine rings is 1. The number of ether oxygens (including phenoxy) is 1. The second kappa shape index (κ2) is 6.19. The topological polar surface area (TPSA) is 73.3 Å².